The zero-order valence-electron chi connectivity index (χ0n) is 27.3. The van der Waals surface area contributed by atoms with Gasteiger partial charge in [0, 0.05) is 23.0 Å². The number of benzene rings is 1. The summed E-state index contributed by atoms with van der Waals surface area (Å²) in [6.07, 6.45) is 6.36. The summed E-state index contributed by atoms with van der Waals surface area (Å²) in [5.74, 6) is -1.73. The lowest BCUT2D eigenvalue weighted by atomic mass is 10.0. The molecule has 1 amide bonds. The molecule has 5 atom stereocenters. The maximum Gasteiger partial charge on any atom is 0.348 e. The average molecular weight is 644 g/mol. The number of unbranched alkanes of at least 4 members (excludes halogenated alkanes) is 2. The van der Waals surface area contributed by atoms with Crippen molar-refractivity contribution in [2.75, 3.05) is 18.1 Å². The second-order valence-electron chi connectivity index (χ2n) is 13.3. The van der Waals surface area contributed by atoms with Crippen molar-refractivity contribution < 1.29 is 38.4 Å². The topological polar surface area (TPSA) is 104 Å². The molecule has 1 N–H and O–H groups in total. The van der Waals surface area contributed by atoms with Crippen molar-refractivity contribution >= 4 is 28.9 Å². The predicted molar refractivity (Wildman–Crippen MR) is 172 cm³/mol. The van der Waals surface area contributed by atoms with E-state index in [4.69, 9.17) is 23.7 Å². The van der Waals surface area contributed by atoms with Gasteiger partial charge < -0.3 is 33.7 Å². The number of thiophene rings is 1. The molecule has 0 saturated carbocycles. The Bertz CT molecular complexity index is 1290. The van der Waals surface area contributed by atoms with Crippen LogP contribution >= 0.6 is 11.3 Å². The van der Waals surface area contributed by atoms with Crippen molar-refractivity contribution in [3.8, 4) is 0 Å². The standard InChI is InChI=1S/C35H49NO8S/c1-6-7-8-12-27(37)23-13-15-25(16-14-23)36-24(17-20-31(36)38)10-9-11-26-18-19-30(45-26)33(39)40-21-28-32(44-35(4,5)43-28)29-22-41-34(2,3)42-29/h13-16,18-19,24,27-29,32,37H,6-12,17,20-22H2,1-5H3/t24-,27?,28+,29-,32-/m0/s1. The van der Waals surface area contributed by atoms with Crippen LogP contribution in [-0.4, -0.2) is 66.1 Å². The Morgan fingerprint density at radius 3 is 2.53 bits per heavy atom. The fraction of sp³-hybridized carbons (Fsp3) is 0.657. The number of aliphatic hydroxyl groups excluding tert-OH is 1. The third kappa shape index (κ3) is 8.73. The summed E-state index contributed by atoms with van der Waals surface area (Å²) >= 11 is 1.44. The smallest absolute Gasteiger partial charge is 0.348 e. The first-order chi connectivity index (χ1) is 21.4. The molecule has 248 valence electrons. The maximum absolute atomic E-state index is 12.9. The Morgan fingerprint density at radius 2 is 1.82 bits per heavy atom. The van der Waals surface area contributed by atoms with Crippen LogP contribution in [0.5, 0.6) is 0 Å². The molecule has 4 heterocycles. The SMILES string of the molecule is CCCCCC(O)c1ccc(N2C(=O)CC[C@@H]2CCCc2ccc(C(=O)OC[C@H]3OC(C)(C)O[C@@H]3[C@@H]3COC(C)(C)O3)s2)cc1. The van der Waals surface area contributed by atoms with Crippen LogP contribution in [0, 0.1) is 0 Å². The first kappa shape index (κ1) is 34.0. The van der Waals surface area contributed by atoms with Crippen molar-refractivity contribution in [2.45, 2.75) is 134 Å². The predicted octanol–water partition coefficient (Wildman–Crippen LogP) is 6.71. The zero-order valence-corrected chi connectivity index (χ0v) is 28.1. The molecule has 3 aliphatic rings. The number of nitrogens with zero attached hydrogens (tertiary/aromatic N) is 1. The lowest BCUT2D eigenvalue weighted by Gasteiger charge is -2.25. The molecule has 2 aromatic rings. The van der Waals surface area contributed by atoms with Gasteiger partial charge in [-0.2, -0.15) is 0 Å². The summed E-state index contributed by atoms with van der Waals surface area (Å²) in [6.45, 7) is 10.0. The third-order valence-corrected chi connectivity index (χ3v) is 9.91. The summed E-state index contributed by atoms with van der Waals surface area (Å²) in [5, 5.41) is 10.5. The van der Waals surface area contributed by atoms with Gasteiger partial charge in [0.15, 0.2) is 11.6 Å². The van der Waals surface area contributed by atoms with Crippen LogP contribution in [0.3, 0.4) is 0 Å². The average Bonchev–Trinajstić information content (AvgIpc) is 3.77. The molecule has 1 unspecified atom stereocenters. The number of hydrogen-bond acceptors (Lipinski definition) is 9. The van der Waals surface area contributed by atoms with Gasteiger partial charge in [-0.1, -0.05) is 38.3 Å². The molecule has 1 aromatic heterocycles. The number of hydrogen-bond donors (Lipinski definition) is 1. The molecule has 45 heavy (non-hydrogen) atoms. The van der Waals surface area contributed by atoms with Gasteiger partial charge in [-0.25, -0.2) is 4.79 Å². The highest BCUT2D eigenvalue weighted by molar-refractivity contribution is 7.13. The molecular weight excluding hydrogens is 594 g/mol. The highest BCUT2D eigenvalue weighted by Gasteiger charge is 2.50. The number of carbonyl (C=O) groups is 2. The van der Waals surface area contributed by atoms with E-state index in [0.717, 1.165) is 67.5 Å². The molecule has 0 radical (unpaired) electrons. The molecule has 0 bridgehead atoms. The van der Waals surface area contributed by atoms with E-state index in [9.17, 15) is 14.7 Å². The molecule has 3 fully saturated rings. The molecule has 3 saturated heterocycles. The highest BCUT2D eigenvalue weighted by atomic mass is 32.1. The minimum Gasteiger partial charge on any atom is -0.459 e. The van der Waals surface area contributed by atoms with Crippen molar-refractivity contribution in [3.05, 3.63) is 51.7 Å². The van der Waals surface area contributed by atoms with Gasteiger partial charge in [0.2, 0.25) is 5.91 Å². The number of ether oxygens (including phenoxy) is 5. The van der Waals surface area contributed by atoms with E-state index in [0.29, 0.717) is 17.9 Å². The molecule has 3 aliphatic heterocycles. The van der Waals surface area contributed by atoms with Gasteiger partial charge in [0.05, 0.1) is 12.7 Å². The van der Waals surface area contributed by atoms with E-state index < -0.39 is 29.9 Å². The normalized spacial score (nSPS) is 26.4. The molecule has 10 heteroatoms. The van der Waals surface area contributed by atoms with E-state index >= 15 is 0 Å². The lowest BCUT2D eigenvalue weighted by Crippen LogP contribution is -2.40. The van der Waals surface area contributed by atoms with Crippen molar-refractivity contribution in [2.24, 2.45) is 0 Å². The van der Waals surface area contributed by atoms with Crippen LogP contribution in [0.1, 0.15) is 112 Å². The quantitative estimate of drug-likeness (QED) is 0.179. The minimum absolute atomic E-state index is 0.0603. The summed E-state index contributed by atoms with van der Waals surface area (Å²) in [5.41, 5.74) is 1.80. The lowest BCUT2D eigenvalue weighted by molar-refractivity contribution is -0.175. The summed E-state index contributed by atoms with van der Waals surface area (Å²) in [4.78, 5) is 29.3. The van der Waals surface area contributed by atoms with Crippen LogP contribution < -0.4 is 4.90 Å². The summed E-state index contributed by atoms with van der Waals surface area (Å²) in [7, 11) is 0. The van der Waals surface area contributed by atoms with Crippen LogP contribution in [0.4, 0.5) is 5.69 Å². The molecule has 9 nitrogen and oxygen atoms in total. The first-order valence-corrected chi connectivity index (χ1v) is 17.3. The van der Waals surface area contributed by atoms with Crippen molar-refractivity contribution in [1.82, 2.24) is 0 Å². The number of aliphatic hydroxyl groups is 1. The van der Waals surface area contributed by atoms with E-state index in [-0.39, 0.29) is 30.6 Å². The Labute approximate surface area is 271 Å². The number of rotatable bonds is 14. The Hall–Kier alpha value is -2.34. The number of esters is 1. The van der Waals surface area contributed by atoms with E-state index in [1.165, 1.54) is 11.3 Å². The van der Waals surface area contributed by atoms with Crippen LogP contribution in [0.15, 0.2) is 36.4 Å². The molecule has 1 aromatic carbocycles. The van der Waals surface area contributed by atoms with Gasteiger partial charge in [-0.3, -0.25) is 4.79 Å². The second-order valence-corrected chi connectivity index (χ2v) is 14.5. The number of anilines is 1. The van der Waals surface area contributed by atoms with E-state index in [1.807, 2.05) is 69.0 Å². The largest absolute Gasteiger partial charge is 0.459 e. The van der Waals surface area contributed by atoms with Gasteiger partial charge in [-0.15, -0.1) is 11.3 Å². The van der Waals surface area contributed by atoms with Crippen molar-refractivity contribution in [3.63, 3.8) is 0 Å². The Kier molecular flexibility index (Phi) is 11.0. The monoisotopic (exact) mass is 643 g/mol. The fourth-order valence-electron chi connectivity index (χ4n) is 6.53. The molecule has 5 rings (SSSR count). The van der Waals surface area contributed by atoms with Gasteiger partial charge in [0.1, 0.15) is 29.8 Å². The molecule has 0 aliphatic carbocycles. The number of carbonyl (C=O) groups excluding carboxylic acids is 2. The summed E-state index contributed by atoms with van der Waals surface area (Å²) in [6, 6.07) is 11.8. The van der Waals surface area contributed by atoms with E-state index in [2.05, 4.69) is 6.92 Å². The van der Waals surface area contributed by atoms with Gasteiger partial charge in [0.25, 0.3) is 0 Å². The maximum atomic E-state index is 12.9. The molecule has 0 spiro atoms. The fourth-order valence-corrected chi connectivity index (χ4v) is 7.47. The number of amides is 1. The number of aryl methyl sites for hydroxylation is 1. The summed E-state index contributed by atoms with van der Waals surface area (Å²) < 4.78 is 29.5. The molecular formula is C35H49NO8S. The van der Waals surface area contributed by atoms with Crippen molar-refractivity contribution in [1.29, 1.82) is 0 Å². The highest BCUT2D eigenvalue weighted by Crippen LogP contribution is 2.36. The van der Waals surface area contributed by atoms with E-state index in [1.54, 1.807) is 0 Å². The van der Waals surface area contributed by atoms with Gasteiger partial charge in [-0.05, 0) is 89.6 Å². The van der Waals surface area contributed by atoms with Gasteiger partial charge >= 0.3 is 5.97 Å². The minimum atomic E-state index is -0.812. The third-order valence-electron chi connectivity index (χ3n) is 8.78. The van der Waals surface area contributed by atoms with Crippen LogP contribution in [0.2, 0.25) is 0 Å². The first-order valence-electron chi connectivity index (χ1n) is 16.5. The zero-order chi connectivity index (χ0) is 32.2. The van der Waals surface area contributed by atoms with Crippen LogP contribution in [-0.2, 0) is 34.9 Å². The van der Waals surface area contributed by atoms with Crippen LogP contribution in [0.25, 0.3) is 0 Å². The Balaban J connectivity index is 1.09. The Morgan fingerprint density at radius 1 is 1.04 bits per heavy atom. The second kappa shape index (κ2) is 14.6.